The van der Waals surface area contributed by atoms with Gasteiger partial charge in [0.15, 0.2) is 5.76 Å². The van der Waals surface area contributed by atoms with Crippen LogP contribution in [0.1, 0.15) is 29.9 Å². The third kappa shape index (κ3) is 3.06. The van der Waals surface area contributed by atoms with Gasteiger partial charge in [-0.2, -0.15) is 0 Å². The average molecular weight is 361 g/mol. The fraction of sp³-hybridized carbons (Fsp3) is 0.222. The number of nitrogens with two attached hydrogens (primary N) is 1. The Labute approximate surface area is 147 Å². The van der Waals surface area contributed by atoms with Gasteiger partial charge in [0.25, 0.3) is 0 Å². The Bertz CT molecular complexity index is 932. The number of rotatable bonds is 4. The summed E-state index contributed by atoms with van der Waals surface area (Å²) in [6.45, 7) is 1.20. The van der Waals surface area contributed by atoms with Gasteiger partial charge < -0.3 is 24.7 Å². The zero-order chi connectivity index (χ0) is 18.8. The lowest BCUT2D eigenvalue weighted by Crippen LogP contribution is -2.30. The summed E-state index contributed by atoms with van der Waals surface area (Å²) in [6.07, 6.45) is 0. The topological polar surface area (TPSA) is 112 Å². The van der Waals surface area contributed by atoms with Gasteiger partial charge in [0.2, 0.25) is 17.1 Å². The molecule has 8 heteroatoms. The highest BCUT2D eigenvalue weighted by molar-refractivity contribution is 5.92. The Morgan fingerprint density at radius 1 is 1.35 bits per heavy atom. The molecule has 0 unspecified atom stereocenters. The van der Waals surface area contributed by atoms with Crippen molar-refractivity contribution in [2.45, 2.75) is 19.4 Å². The molecule has 3 N–H and O–H groups in total. The summed E-state index contributed by atoms with van der Waals surface area (Å²) in [6, 6.07) is 6.36. The van der Waals surface area contributed by atoms with Crippen LogP contribution >= 0.6 is 0 Å². The molecule has 1 atom stereocenters. The zero-order valence-corrected chi connectivity index (χ0v) is 13.8. The van der Waals surface area contributed by atoms with Gasteiger partial charge in [-0.05, 0) is 24.6 Å². The SMILES string of the molecule is CCOC(=O)C1=C(N)Oc2c(oc(CO)cc2=O)[C@H]1c1ccc(F)cc1. The summed E-state index contributed by atoms with van der Waals surface area (Å²) in [5.74, 6) is -2.67. The lowest BCUT2D eigenvalue weighted by Gasteiger charge is -2.26. The van der Waals surface area contributed by atoms with Gasteiger partial charge in [-0.15, -0.1) is 0 Å². The van der Waals surface area contributed by atoms with Crippen LogP contribution < -0.4 is 15.9 Å². The van der Waals surface area contributed by atoms with Gasteiger partial charge in [-0.25, -0.2) is 9.18 Å². The molecular weight excluding hydrogens is 345 g/mol. The number of aliphatic hydroxyl groups excluding tert-OH is 1. The van der Waals surface area contributed by atoms with Crippen LogP contribution in [-0.4, -0.2) is 17.7 Å². The van der Waals surface area contributed by atoms with Crippen molar-refractivity contribution in [2.75, 3.05) is 6.61 Å². The van der Waals surface area contributed by atoms with Gasteiger partial charge in [0.05, 0.1) is 12.5 Å². The molecule has 1 aliphatic heterocycles. The summed E-state index contributed by atoms with van der Waals surface area (Å²) < 4.78 is 29.2. The Hall–Kier alpha value is -3.13. The van der Waals surface area contributed by atoms with Crippen LogP contribution in [0.4, 0.5) is 4.39 Å². The molecule has 0 radical (unpaired) electrons. The fourth-order valence-electron chi connectivity index (χ4n) is 2.76. The molecule has 0 bridgehead atoms. The molecule has 3 rings (SSSR count). The molecule has 0 saturated carbocycles. The molecular formula is C18H16FNO6. The van der Waals surface area contributed by atoms with Gasteiger partial charge in [-0.3, -0.25) is 4.79 Å². The molecule has 0 amide bonds. The summed E-state index contributed by atoms with van der Waals surface area (Å²) in [4.78, 5) is 24.7. The monoisotopic (exact) mass is 361 g/mol. The first kappa shape index (κ1) is 17.7. The maximum atomic E-state index is 13.3. The molecule has 2 aromatic rings. The number of halogens is 1. The number of esters is 1. The number of carbonyl (C=O) groups is 1. The quantitative estimate of drug-likeness (QED) is 0.794. The van der Waals surface area contributed by atoms with Crippen molar-refractivity contribution in [1.29, 1.82) is 0 Å². The van der Waals surface area contributed by atoms with E-state index >= 15 is 0 Å². The van der Waals surface area contributed by atoms with E-state index in [1.807, 2.05) is 0 Å². The van der Waals surface area contributed by atoms with E-state index in [1.165, 1.54) is 24.3 Å². The first-order valence-corrected chi connectivity index (χ1v) is 7.84. The Balaban J connectivity index is 2.26. The highest BCUT2D eigenvalue weighted by atomic mass is 19.1. The smallest absolute Gasteiger partial charge is 0.340 e. The second kappa shape index (κ2) is 7.01. The van der Waals surface area contributed by atoms with Crippen LogP contribution in [-0.2, 0) is 16.1 Å². The van der Waals surface area contributed by atoms with Gasteiger partial charge in [0, 0.05) is 6.07 Å². The molecule has 0 saturated heterocycles. The summed E-state index contributed by atoms with van der Waals surface area (Å²) in [5.41, 5.74) is 5.69. The largest absolute Gasteiger partial charge is 0.462 e. The van der Waals surface area contributed by atoms with Crippen molar-refractivity contribution in [1.82, 2.24) is 0 Å². The third-order valence-electron chi connectivity index (χ3n) is 3.86. The minimum Gasteiger partial charge on any atom is -0.462 e. The third-order valence-corrected chi connectivity index (χ3v) is 3.86. The van der Waals surface area contributed by atoms with Crippen molar-refractivity contribution in [3.05, 3.63) is 74.9 Å². The molecule has 0 fully saturated rings. The minimum atomic E-state index is -0.947. The molecule has 1 aromatic heterocycles. The highest BCUT2D eigenvalue weighted by Crippen LogP contribution is 2.41. The predicted molar refractivity (Wildman–Crippen MR) is 87.6 cm³/mol. The van der Waals surface area contributed by atoms with E-state index in [-0.39, 0.29) is 35.3 Å². The number of hydrogen-bond donors (Lipinski definition) is 2. The number of ether oxygens (including phenoxy) is 2. The average Bonchev–Trinajstić information content (AvgIpc) is 2.62. The van der Waals surface area contributed by atoms with E-state index in [4.69, 9.17) is 19.6 Å². The van der Waals surface area contributed by atoms with E-state index in [0.29, 0.717) is 5.56 Å². The molecule has 0 spiro atoms. The van der Waals surface area contributed by atoms with Gasteiger partial charge in [-0.1, -0.05) is 12.1 Å². The normalized spacial score (nSPS) is 16.0. The molecule has 136 valence electrons. The Morgan fingerprint density at radius 3 is 2.65 bits per heavy atom. The zero-order valence-electron chi connectivity index (χ0n) is 13.8. The van der Waals surface area contributed by atoms with Crippen LogP contribution in [0.2, 0.25) is 0 Å². The van der Waals surface area contributed by atoms with Crippen LogP contribution in [0.5, 0.6) is 5.75 Å². The van der Waals surface area contributed by atoms with E-state index in [0.717, 1.165) is 6.07 Å². The lowest BCUT2D eigenvalue weighted by molar-refractivity contribution is -0.139. The summed E-state index contributed by atoms with van der Waals surface area (Å²) >= 11 is 0. The maximum Gasteiger partial charge on any atom is 0.340 e. The molecule has 1 aliphatic rings. The van der Waals surface area contributed by atoms with Crippen LogP contribution in [0, 0.1) is 5.82 Å². The number of hydrogen-bond acceptors (Lipinski definition) is 7. The molecule has 7 nitrogen and oxygen atoms in total. The minimum absolute atomic E-state index is 0.00635. The number of fused-ring (bicyclic) bond motifs is 1. The van der Waals surface area contributed by atoms with Crippen molar-refractivity contribution in [2.24, 2.45) is 5.73 Å². The van der Waals surface area contributed by atoms with E-state index in [9.17, 15) is 19.1 Å². The number of benzene rings is 1. The lowest BCUT2D eigenvalue weighted by atomic mass is 9.86. The van der Waals surface area contributed by atoms with Crippen LogP contribution in [0.15, 0.2) is 51.0 Å². The van der Waals surface area contributed by atoms with E-state index < -0.39 is 29.7 Å². The highest BCUT2D eigenvalue weighted by Gasteiger charge is 2.39. The second-order valence-electron chi connectivity index (χ2n) is 5.51. The first-order valence-electron chi connectivity index (χ1n) is 7.84. The van der Waals surface area contributed by atoms with Crippen molar-refractivity contribution in [3.8, 4) is 5.75 Å². The number of carbonyl (C=O) groups excluding carboxylic acids is 1. The molecule has 1 aromatic carbocycles. The van der Waals surface area contributed by atoms with E-state index in [1.54, 1.807) is 6.92 Å². The van der Waals surface area contributed by atoms with Crippen LogP contribution in [0.3, 0.4) is 0 Å². The standard InChI is InChI=1S/C18H16FNO6/c1-2-24-18(23)14-13(9-3-5-10(19)6-4-9)16-15(26-17(14)20)12(22)7-11(8-21)25-16/h3-7,13,21H,2,8,20H2,1H3/t13-/m0/s1. The summed E-state index contributed by atoms with van der Waals surface area (Å²) in [5, 5.41) is 9.32. The number of aliphatic hydroxyl groups is 1. The predicted octanol–water partition coefficient (Wildman–Crippen LogP) is 1.53. The van der Waals surface area contributed by atoms with Gasteiger partial charge in [0.1, 0.15) is 23.8 Å². The van der Waals surface area contributed by atoms with Crippen molar-refractivity contribution < 1.29 is 28.2 Å². The Kier molecular flexibility index (Phi) is 4.77. The first-order chi connectivity index (χ1) is 12.5. The van der Waals surface area contributed by atoms with Gasteiger partial charge >= 0.3 is 5.97 Å². The molecule has 0 aliphatic carbocycles. The molecule has 26 heavy (non-hydrogen) atoms. The van der Waals surface area contributed by atoms with Crippen LogP contribution in [0.25, 0.3) is 0 Å². The van der Waals surface area contributed by atoms with Crippen molar-refractivity contribution >= 4 is 5.97 Å². The van der Waals surface area contributed by atoms with E-state index in [2.05, 4.69) is 0 Å². The molecule has 2 heterocycles. The van der Waals surface area contributed by atoms with Crippen molar-refractivity contribution in [3.63, 3.8) is 0 Å². The second-order valence-corrected chi connectivity index (χ2v) is 5.51. The summed E-state index contributed by atoms with van der Waals surface area (Å²) in [7, 11) is 0. The maximum absolute atomic E-state index is 13.3. The fourth-order valence-corrected chi connectivity index (χ4v) is 2.76. The Morgan fingerprint density at radius 2 is 2.04 bits per heavy atom.